The van der Waals surface area contributed by atoms with Crippen LogP contribution in [-0.2, 0) is 0 Å². The Bertz CT molecular complexity index is 133. The summed E-state index contributed by atoms with van der Waals surface area (Å²) in [6.45, 7) is 2.25. The van der Waals surface area contributed by atoms with E-state index in [1.54, 1.807) is 0 Å². The van der Waals surface area contributed by atoms with Crippen molar-refractivity contribution in [3.8, 4) is 0 Å². The predicted molar refractivity (Wildman–Crippen MR) is 61.3 cm³/mol. The average molecular weight is 198 g/mol. The van der Waals surface area contributed by atoms with Crippen molar-refractivity contribution in [1.82, 2.24) is 0 Å². The number of hydrogen-bond acceptors (Lipinski definition) is 1. The molecule has 1 saturated carbocycles. The lowest BCUT2D eigenvalue weighted by molar-refractivity contribution is 0.0942. The average Bonchev–Trinajstić information content (AvgIpc) is 2.39. The summed E-state index contributed by atoms with van der Waals surface area (Å²) >= 11 is 0. The zero-order valence-electron chi connectivity index (χ0n) is 9.67. The molecular weight excluding hydrogens is 172 g/mol. The quantitative estimate of drug-likeness (QED) is 0.525. The molecular formula is C13H26O. The van der Waals surface area contributed by atoms with Crippen LogP contribution in [0.2, 0.25) is 0 Å². The number of aliphatic hydroxyl groups excluding tert-OH is 1. The predicted octanol–water partition coefficient (Wildman–Crippen LogP) is 3.90. The Morgan fingerprint density at radius 3 is 2.57 bits per heavy atom. The van der Waals surface area contributed by atoms with E-state index < -0.39 is 0 Å². The minimum atomic E-state index is 0.0131. The third-order valence-electron chi connectivity index (χ3n) is 3.55. The molecule has 1 N–H and O–H groups in total. The van der Waals surface area contributed by atoms with E-state index in [2.05, 4.69) is 6.92 Å². The van der Waals surface area contributed by atoms with Gasteiger partial charge in [0.15, 0.2) is 0 Å². The van der Waals surface area contributed by atoms with Crippen LogP contribution in [0, 0.1) is 5.92 Å². The van der Waals surface area contributed by atoms with Crippen LogP contribution < -0.4 is 0 Å². The van der Waals surface area contributed by atoms with Crippen molar-refractivity contribution in [2.75, 3.05) is 0 Å². The molecule has 0 aromatic heterocycles. The van der Waals surface area contributed by atoms with Gasteiger partial charge >= 0.3 is 0 Å². The molecule has 1 aliphatic rings. The number of aliphatic hydroxyl groups is 1. The van der Waals surface area contributed by atoms with Crippen molar-refractivity contribution in [1.29, 1.82) is 0 Å². The van der Waals surface area contributed by atoms with Crippen LogP contribution in [0.1, 0.15) is 71.1 Å². The second-order valence-corrected chi connectivity index (χ2v) is 4.81. The van der Waals surface area contributed by atoms with Gasteiger partial charge < -0.3 is 5.11 Å². The van der Waals surface area contributed by atoms with Crippen molar-refractivity contribution in [2.24, 2.45) is 5.92 Å². The number of hydrogen-bond donors (Lipinski definition) is 1. The molecule has 0 aromatic carbocycles. The van der Waals surface area contributed by atoms with Gasteiger partial charge in [-0.25, -0.2) is 0 Å². The van der Waals surface area contributed by atoms with Crippen molar-refractivity contribution < 1.29 is 5.11 Å². The molecule has 84 valence electrons. The van der Waals surface area contributed by atoms with E-state index in [9.17, 15) is 5.11 Å². The molecule has 0 heterocycles. The SMILES string of the molecule is CCCCCCC1CCCCCC1O. The van der Waals surface area contributed by atoms with E-state index in [0.29, 0.717) is 5.92 Å². The van der Waals surface area contributed by atoms with E-state index in [4.69, 9.17) is 0 Å². The maximum Gasteiger partial charge on any atom is 0.0568 e. The molecule has 0 radical (unpaired) electrons. The summed E-state index contributed by atoms with van der Waals surface area (Å²) in [4.78, 5) is 0. The third kappa shape index (κ3) is 4.45. The van der Waals surface area contributed by atoms with E-state index in [-0.39, 0.29) is 6.10 Å². The van der Waals surface area contributed by atoms with E-state index in [1.807, 2.05) is 0 Å². The molecule has 0 aromatic rings. The Labute approximate surface area is 88.9 Å². The number of rotatable bonds is 5. The van der Waals surface area contributed by atoms with Crippen LogP contribution in [0.25, 0.3) is 0 Å². The summed E-state index contributed by atoms with van der Waals surface area (Å²) in [6.07, 6.45) is 12.9. The molecule has 2 unspecified atom stereocenters. The molecule has 0 amide bonds. The first-order chi connectivity index (χ1) is 6.84. The van der Waals surface area contributed by atoms with Gasteiger partial charge in [-0.05, 0) is 25.2 Å². The summed E-state index contributed by atoms with van der Waals surface area (Å²) in [7, 11) is 0. The molecule has 1 nitrogen and oxygen atoms in total. The lowest BCUT2D eigenvalue weighted by atomic mass is 9.91. The van der Waals surface area contributed by atoms with Gasteiger partial charge in [-0.1, -0.05) is 51.9 Å². The molecule has 0 aliphatic heterocycles. The zero-order chi connectivity index (χ0) is 10.2. The topological polar surface area (TPSA) is 20.2 Å². The highest BCUT2D eigenvalue weighted by Gasteiger charge is 2.20. The highest BCUT2D eigenvalue weighted by Crippen LogP contribution is 2.27. The molecule has 14 heavy (non-hydrogen) atoms. The smallest absolute Gasteiger partial charge is 0.0568 e. The van der Waals surface area contributed by atoms with Crippen LogP contribution in [0.5, 0.6) is 0 Å². The summed E-state index contributed by atoms with van der Waals surface area (Å²) in [5, 5.41) is 9.91. The fraction of sp³-hybridized carbons (Fsp3) is 1.00. The van der Waals surface area contributed by atoms with Crippen LogP contribution in [0.3, 0.4) is 0 Å². The van der Waals surface area contributed by atoms with Crippen molar-refractivity contribution in [3.05, 3.63) is 0 Å². The molecule has 0 bridgehead atoms. The molecule has 0 saturated heterocycles. The van der Waals surface area contributed by atoms with Gasteiger partial charge in [0.25, 0.3) is 0 Å². The maximum atomic E-state index is 9.91. The highest BCUT2D eigenvalue weighted by atomic mass is 16.3. The van der Waals surface area contributed by atoms with Gasteiger partial charge in [-0.2, -0.15) is 0 Å². The highest BCUT2D eigenvalue weighted by molar-refractivity contribution is 4.72. The van der Waals surface area contributed by atoms with Gasteiger partial charge in [-0.3, -0.25) is 0 Å². The fourth-order valence-electron chi connectivity index (χ4n) is 2.53. The molecule has 1 fully saturated rings. The third-order valence-corrected chi connectivity index (χ3v) is 3.55. The van der Waals surface area contributed by atoms with Crippen LogP contribution in [0.15, 0.2) is 0 Å². The summed E-state index contributed by atoms with van der Waals surface area (Å²) in [5.74, 6) is 0.620. The normalized spacial score (nSPS) is 28.7. The number of unbranched alkanes of at least 4 members (excludes halogenated alkanes) is 3. The second-order valence-electron chi connectivity index (χ2n) is 4.81. The molecule has 1 heteroatoms. The first kappa shape index (κ1) is 12.0. The van der Waals surface area contributed by atoms with E-state index in [0.717, 1.165) is 6.42 Å². The fourth-order valence-corrected chi connectivity index (χ4v) is 2.53. The minimum absolute atomic E-state index is 0.0131. The Morgan fingerprint density at radius 2 is 1.79 bits per heavy atom. The monoisotopic (exact) mass is 198 g/mol. The Balaban J connectivity index is 2.13. The second kappa shape index (κ2) is 7.28. The summed E-state index contributed by atoms with van der Waals surface area (Å²) in [6, 6.07) is 0. The lowest BCUT2D eigenvalue weighted by Crippen LogP contribution is -2.18. The minimum Gasteiger partial charge on any atom is -0.393 e. The first-order valence-corrected chi connectivity index (χ1v) is 6.52. The molecule has 1 rings (SSSR count). The standard InChI is InChI=1S/C13H26O/c1-2-3-4-6-9-12-10-7-5-8-11-13(12)14/h12-14H,2-11H2,1H3. The van der Waals surface area contributed by atoms with E-state index >= 15 is 0 Å². The van der Waals surface area contributed by atoms with Gasteiger partial charge in [-0.15, -0.1) is 0 Å². The van der Waals surface area contributed by atoms with Gasteiger partial charge in [0, 0.05) is 0 Å². The zero-order valence-corrected chi connectivity index (χ0v) is 9.67. The van der Waals surface area contributed by atoms with Crippen LogP contribution in [-0.4, -0.2) is 11.2 Å². The van der Waals surface area contributed by atoms with Gasteiger partial charge in [0.05, 0.1) is 6.10 Å². The van der Waals surface area contributed by atoms with Gasteiger partial charge in [0.1, 0.15) is 0 Å². The van der Waals surface area contributed by atoms with Crippen LogP contribution in [0.4, 0.5) is 0 Å². The molecule has 2 atom stereocenters. The van der Waals surface area contributed by atoms with Crippen molar-refractivity contribution in [3.63, 3.8) is 0 Å². The van der Waals surface area contributed by atoms with Crippen LogP contribution >= 0.6 is 0 Å². The molecule has 0 spiro atoms. The maximum absolute atomic E-state index is 9.91. The summed E-state index contributed by atoms with van der Waals surface area (Å²) in [5.41, 5.74) is 0. The lowest BCUT2D eigenvalue weighted by Gasteiger charge is -2.19. The van der Waals surface area contributed by atoms with Crippen molar-refractivity contribution in [2.45, 2.75) is 77.2 Å². The Hall–Kier alpha value is -0.0400. The van der Waals surface area contributed by atoms with Crippen molar-refractivity contribution >= 4 is 0 Å². The first-order valence-electron chi connectivity index (χ1n) is 6.52. The Morgan fingerprint density at radius 1 is 1.00 bits per heavy atom. The molecule has 1 aliphatic carbocycles. The van der Waals surface area contributed by atoms with Gasteiger partial charge in [0.2, 0.25) is 0 Å². The summed E-state index contributed by atoms with van der Waals surface area (Å²) < 4.78 is 0. The Kier molecular flexibility index (Phi) is 6.25. The largest absolute Gasteiger partial charge is 0.393 e. The van der Waals surface area contributed by atoms with E-state index in [1.165, 1.54) is 57.8 Å².